The van der Waals surface area contributed by atoms with Gasteiger partial charge in [0.2, 0.25) is 0 Å². The Morgan fingerprint density at radius 2 is 2.62 bits per heavy atom. The van der Waals surface area contributed by atoms with Crippen molar-refractivity contribution in [3.05, 3.63) is 0 Å². The number of hydrogen-bond donors (Lipinski definition) is 2. The summed E-state index contributed by atoms with van der Waals surface area (Å²) in [6.07, 6.45) is 0.383. The first-order valence-corrected chi connectivity index (χ1v) is 2.37. The Balaban J connectivity index is 2.10. The average Bonchev–Trinajstić information content (AvgIpc) is 2.48. The molecule has 2 atom stereocenters. The number of ether oxygens (including phenoxy) is 1. The van der Waals surface area contributed by atoms with Crippen LogP contribution in [0.25, 0.3) is 0 Å². The summed E-state index contributed by atoms with van der Waals surface area (Å²) in [4.78, 5) is 0. The molecule has 44 valence electrons. The molecule has 0 spiro atoms. The highest BCUT2D eigenvalue weighted by Gasteiger charge is 2.37. The molecule has 0 radical (unpaired) electrons. The second kappa shape index (κ2) is 2.09. The van der Waals surface area contributed by atoms with Crippen molar-refractivity contribution < 1.29 is 4.74 Å². The quantitative estimate of drug-likeness (QED) is 0.276. The fourth-order valence-electron chi connectivity index (χ4n) is 0.535. The van der Waals surface area contributed by atoms with Crippen LogP contribution >= 0.6 is 0 Å². The summed E-state index contributed by atoms with van der Waals surface area (Å²) >= 11 is 0. The molecule has 1 aliphatic rings. The van der Waals surface area contributed by atoms with Gasteiger partial charge in [-0.25, -0.2) is 5.43 Å². The maximum absolute atomic E-state index is 8.09. The van der Waals surface area contributed by atoms with Crippen LogP contribution in [-0.4, -0.2) is 12.3 Å². The van der Waals surface area contributed by atoms with E-state index in [4.69, 9.17) is 15.8 Å². The highest BCUT2D eigenvalue weighted by molar-refractivity contribution is 4.89. The van der Waals surface area contributed by atoms with Crippen molar-refractivity contribution in [1.82, 2.24) is 5.43 Å². The number of nitrogens with one attached hydrogen (secondary N) is 1. The van der Waals surface area contributed by atoms with E-state index in [0.717, 1.165) is 0 Å². The maximum atomic E-state index is 8.09. The molecule has 0 amide bonds. The fourth-order valence-corrected chi connectivity index (χ4v) is 0.535. The van der Waals surface area contributed by atoms with Crippen molar-refractivity contribution in [2.75, 3.05) is 0 Å². The molecule has 1 aliphatic heterocycles. The van der Waals surface area contributed by atoms with Gasteiger partial charge in [0, 0.05) is 0 Å². The van der Waals surface area contributed by atoms with E-state index in [1.54, 1.807) is 0 Å². The highest BCUT2D eigenvalue weighted by Crippen LogP contribution is 2.20. The molecule has 1 saturated heterocycles. The Morgan fingerprint density at radius 1 is 1.88 bits per heavy atom. The lowest BCUT2D eigenvalue weighted by atomic mass is 10.3. The minimum absolute atomic E-state index is 0.0324. The second-order valence-corrected chi connectivity index (χ2v) is 1.62. The van der Waals surface area contributed by atoms with Crippen LogP contribution in [-0.2, 0) is 4.74 Å². The number of hydrazine groups is 1. The fraction of sp³-hybridized carbons (Fsp3) is 0.750. The van der Waals surface area contributed by atoms with Gasteiger partial charge in [-0.1, -0.05) is 0 Å². The van der Waals surface area contributed by atoms with E-state index in [1.165, 1.54) is 0 Å². The van der Waals surface area contributed by atoms with Crippen LogP contribution in [0.15, 0.2) is 0 Å². The van der Waals surface area contributed by atoms with Crippen molar-refractivity contribution in [1.29, 1.82) is 5.26 Å². The van der Waals surface area contributed by atoms with Gasteiger partial charge < -0.3 is 4.74 Å². The normalized spacial score (nSPS) is 34.0. The first-order valence-electron chi connectivity index (χ1n) is 2.37. The average molecular weight is 113 g/mol. The number of rotatable bonds is 2. The SMILES string of the molecule is N#CCC1OC1NN. The zero-order valence-corrected chi connectivity index (χ0v) is 4.29. The predicted octanol–water partition coefficient (Wildman–Crippen LogP) is -0.912. The van der Waals surface area contributed by atoms with Crippen LogP contribution in [0, 0.1) is 11.3 Å². The molecule has 0 aromatic carbocycles. The van der Waals surface area contributed by atoms with Crippen molar-refractivity contribution in [3.8, 4) is 6.07 Å². The molecular weight excluding hydrogens is 106 g/mol. The van der Waals surface area contributed by atoms with Gasteiger partial charge in [0.25, 0.3) is 0 Å². The van der Waals surface area contributed by atoms with Crippen molar-refractivity contribution >= 4 is 0 Å². The van der Waals surface area contributed by atoms with Gasteiger partial charge in [0.15, 0.2) is 0 Å². The molecule has 4 heteroatoms. The molecule has 4 nitrogen and oxygen atoms in total. The monoisotopic (exact) mass is 113 g/mol. The molecular formula is C4H7N3O. The minimum Gasteiger partial charge on any atom is -0.351 e. The minimum atomic E-state index is -0.0744. The van der Waals surface area contributed by atoms with E-state index in [2.05, 4.69) is 5.43 Å². The highest BCUT2D eigenvalue weighted by atomic mass is 16.6. The molecule has 0 saturated carbocycles. The first kappa shape index (κ1) is 5.51. The van der Waals surface area contributed by atoms with Gasteiger partial charge in [-0.2, -0.15) is 5.26 Å². The molecule has 8 heavy (non-hydrogen) atoms. The molecule has 2 unspecified atom stereocenters. The second-order valence-electron chi connectivity index (χ2n) is 1.62. The van der Waals surface area contributed by atoms with Gasteiger partial charge in [0.05, 0.1) is 12.5 Å². The molecule has 0 aromatic rings. The summed E-state index contributed by atoms with van der Waals surface area (Å²) in [5.74, 6) is 4.97. The predicted molar refractivity (Wildman–Crippen MR) is 26.2 cm³/mol. The summed E-state index contributed by atoms with van der Waals surface area (Å²) < 4.78 is 4.85. The Hall–Kier alpha value is -0.630. The lowest BCUT2D eigenvalue weighted by Crippen LogP contribution is -2.26. The molecule has 0 bridgehead atoms. The summed E-state index contributed by atoms with van der Waals surface area (Å²) in [6.45, 7) is 0. The smallest absolute Gasteiger partial charge is 0.148 e. The molecule has 1 rings (SSSR count). The number of epoxide rings is 1. The Labute approximate surface area is 47.2 Å². The third kappa shape index (κ3) is 0.954. The zero-order valence-electron chi connectivity index (χ0n) is 4.29. The van der Waals surface area contributed by atoms with E-state index in [9.17, 15) is 0 Å². The molecule has 3 N–H and O–H groups in total. The number of nitrogens with zero attached hydrogens (tertiary/aromatic N) is 1. The van der Waals surface area contributed by atoms with Gasteiger partial charge >= 0.3 is 0 Å². The van der Waals surface area contributed by atoms with Crippen LogP contribution in [0.3, 0.4) is 0 Å². The summed E-state index contributed by atoms with van der Waals surface area (Å²) in [5, 5.41) is 8.09. The zero-order chi connectivity index (χ0) is 5.98. The number of nitriles is 1. The van der Waals surface area contributed by atoms with Gasteiger partial charge in [-0.05, 0) is 0 Å². The topological polar surface area (TPSA) is 74.4 Å². The van der Waals surface area contributed by atoms with E-state index < -0.39 is 0 Å². The van der Waals surface area contributed by atoms with E-state index in [0.29, 0.717) is 6.42 Å². The van der Waals surface area contributed by atoms with E-state index >= 15 is 0 Å². The first-order chi connectivity index (χ1) is 3.88. The van der Waals surface area contributed by atoms with Crippen LogP contribution in [0.5, 0.6) is 0 Å². The Morgan fingerprint density at radius 3 is 3.00 bits per heavy atom. The molecule has 1 fully saturated rings. The van der Waals surface area contributed by atoms with Gasteiger partial charge in [-0.3, -0.25) is 5.84 Å². The summed E-state index contributed by atoms with van der Waals surface area (Å²) in [7, 11) is 0. The molecule has 0 aliphatic carbocycles. The summed E-state index contributed by atoms with van der Waals surface area (Å²) in [5.41, 5.74) is 2.40. The number of hydrogen-bond acceptors (Lipinski definition) is 4. The van der Waals surface area contributed by atoms with Gasteiger partial charge in [0.1, 0.15) is 12.3 Å². The Bertz CT molecular complexity index is 119. The largest absolute Gasteiger partial charge is 0.351 e. The Kier molecular flexibility index (Phi) is 1.44. The van der Waals surface area contributed by atoms with Gasteiger partial charge in [-0.15, -0.1) is 0 Å². The van der Waals surface area contributed by atoms with Crippen LogP contribution < -0.4 is 11.3 Å². The maximum Gasteiger partial charge on any atom is 0.148 e. The van der Waals surface area contributed by atoms with Crippen LogP contribution in [0.2, 0.25) is 0 Å². The number of nitrogens with two attached hydrogens (primary N) is 1. The van der Waals surface area contributed by atoms with E-state index in [-0.39, 0.29) is 12.3 Å². The summed E-state index contributed by atoms with van der Waals surface area (Å²) in [6, 6.07) is 1.97. The van der Waals surface area contributed by atoms with Crippen molar-refractivity contribution in [2.24, 2.45) is 5.84 Å². The van der Waals surface area contributed by atoms with Crippen molar-refractivity contribution in [2.45, 2.75) is 18.8 Å². The van der Waals surface area contributed by atoms with Crippen LogP contribution in [0.1, 0.15) is 6.42 Å². The standard InChI is InChI=1S/C4H7N3O/c5-2-1-3-4(7-6)8-3/h3-4,7H,1,6H2. The third-order valence-corrected chi connectivity index (χ3v) is 1.04. The van der Waals surface area contributed by atoms with Crippen molar-refractivity contribution in [3.63, 3.8) is 0 Å². The molecule has 1 heterocycles. The third-order valence-electron chi connectivity index (χ3n) is 1.04. The van der Waals surface area contributed by atoms with Crippen LogP contribution in [0.4, 0.5) is 0 Å². The van der Waals surface area contributed by atoms with E-state index in [1.807, 2.05) is 6.07 Å². The lowest BCUT2D eigenvalue weighted by Gasteiger charge is -1.81. The lowest BCUT2D eigenvalue weighted by molar-refractivity contribution is 0.348. The molecule has 0 aromatic heterocycles.